The third kappa shape index (κ3) is 1.75. The Hall–Kier alpha value is -0.0800. The summed E-state index contributed by atoms with van der Waals surface area (Å²) in [5.41, 5.74) is 6.11. The van der Waals surface area contributed by atoms with Crippen LogP contribution in [0.3, 0.4) is 0 Å². The highest BCUT2D eigenvalue weighted by molar-refractivity contribution is 4.96. The van der Waals surface area contributed by atoms with Gasteiger partial charge in [-0.25, -0.2) is 0 Å². The van der Waals surface area contributed by atoms with Crippen molar-refractivity contribution in [2.45, 2.75) is 57.7 Å². The van der Waals surface area contributed by atoms with Gasteiger partial charge in [0.2, 0.25) is 0 Å². The zero-order chi connectivity index (χ0) is 9.42. The molecule has 76 valence electrons. The Kier molecular flexibility index (Phi) is 2.61. The van der Waals surface area contributed by atoms with Crippen molar-refractivity contribution < 1.29 is 0 Å². The molecular weight excluding hydrogens is 160 g/mol. The summed E-state index contributed by atoms with van der Waals surface area (Å²) in [6.07, 6.45) is 5.70. The lowest BCUT2D eigenvalue weighted by molar-refractivity contribution is 0.219. The van der Waals surface area contributed by atoms with Crippen molar-refractivity contribution >= 4 is 0 Å². The number of fused-ring (bicyclic) bond motifs is 2. The lowest BCUT2D eigenvalue weighted by Crippen LogP contribution is -2.42. The first-order valence-electron chi connectivity index (χ1n) is 5.70. The minimum Gasteiger partial charge on any atom is -0.326 e. The highest BCUT2D eigenvalue weighted by Gasteiger charge is 2.39. The molecule has 13 heavy (non-hydrogen) atoms. The van der Waals surface area contributed by atoms with Crippen LogP contribution in [-0.2, 0) is 0 Å². The molecule has 1 atom stereocenters. The molecule has 0 unspecified atom stereocenters. The van der Waals surface area contributed by atoms with Gasteiger partial charge in [-0.05, 0) is 31.6 Å². The minimum absolute atomic E-state index is 0.376. The van der Waals surface area contributed by atoms with Crippen molar-refractivity contribution in [3.63, 3.8) is 0 Å². The summed E-state index contributed by atoms with van der Waals surface area (Å²) < 4.78 is 0. The van der Waals surface area contributed by atoms with E-state index in [4.69, 9.17) is 5.73 Å². The van der Waals surface area contributed by atoms with Gasteiger partial charge >= 0.3 is 0 Å². The minimum atomic E-state index is 0.376. The Morgan fingerprint density at radius 3 is 2.00 bits per heavy atom. The maximum Gasteiger partial charge on any atom is 0.0191 e. The number of rotatable bonds is 3. The molecule has 0 aromatic heterocycles. The van der Waals surface area contributed by atoms with Gasteiger partial charge in [0, 0.05) is 24.7 Å². The van der Waals surface area contributed by atoms with E-state index in [1.807, 2.05) is 0 Å². The second-order valence-electron chi connectivity index (χ2n) is 5.07. The van der Waals surface area contributed by atoms with Gasteiger partial charge in [-0.1, -0.05) is 13.8 Å². The Morgan fingerprint density at radius 2 is 1.62 bits per heavy atom. The predicted molar refractivity (Wildman–Crippen MR) is 55.6 cm³/mol. The molecule has 2 N–H and O–H groups in total. The van der Waals surface area contributed by atoms with Gasteiger partial charge in [0.05, 0.1) is 0 Å². The molecule has 2 bridgehead atoms. The van der Waals surface area contributed by atoms with Crippen LogP contribution in [0.15, 0.2) is 0 Å². The average molecular weight is 182 g/mol. The van der Waals surface area contributed by atoms with Crippen LogP contribution in [0.1, 0.15) is 39.5 Å². The summed E-state index contributed by atoms with van der Waals surface area (Å²) in [5, 5.41) is 0. The van der Waals surface area contributed by atoms with Crippen LogP contribution in [-0.4, -0.2) is 29.6 Å². The second-order valence-corrected chi connectivity index (χ2v) is 5.07. The van der Waals surface area contributed by atoms with Crippen LogP contribution in [0.5, 0.6) is 0 Å². The van der Waals surface area contributed by atoms with E-state index in [1.54, 1.807) is 0 Å². The zero-order valence-corrected chi connectivity index (χ0v) is 8.87. The fraction of sp³-hybridized carbons (Fsp3) is 1.00. The summed E-state index contributed by atoms with van der Waals surface area (Å²) in [6.45, 7) is 5.58. The van der Waals surface area contributed by atoms with Gasteiger partial charge in [-0.3, -0.25) is 4.90 Å². The number of nitrogens with two attached hydrogens (primary N) is 1. The first kappa shape index (κ1) is 9.47. The Labute approximate surface area is 81.5 Å². The van der Waals surface area contributed by atoms with E-state index in [0.717, 1.165) is 18.6 Å². The average Bonchev–Trinajstić information content (AvgIpc) is 2.65. The van der Waals surface area contributed by atoms with Crippen LogP contribution in [0.25, 0.3) is 0 Å². The van der Waals surface area contributed by atoms with E-state index < -0.39 is 0 Å². The van der Waals surface area contributed by atoms with Gasteiger partial charge in [0.15, 0.2) is 0 Å². The Bertz CT molecular complexity index is 159. The molecular formula is C11H22N2. The van der Waals surface area contributed by atoms with Crippen LogP contribution in [0, 0.1) is 5.92 Å². The molecule has 2 heterocycles. The normalized spacial score (nSPS) is 36.0. The summed E-state index contributed by atoms with van der Waals surface area (Å²) >= 11 is 0. The zero-order valence-electron chi connectivity index (χ0n) is 8.87. The van der Waals surface area contributed by atoms with Crippen molar-refractivity contribution in [1.82, 2.24) is 4.90 Å². The largest absolute Gasteiger partial charge is 0.326 e. The van der Waals surface area contributed by atoms with Crippen LogP contribution in [0.2, 0.25) is 0 Å². The summed E-state index contributed by atoms with van der Waals surface area (Å²) in [4.78, 5) is 2.67. The molecule has 0 amide bonds. The molecule has 0 aromatic rings. The van der Waals surface area contributed by atoms with Gasteiger partial charge < -0.3 is 5.73 Å². The SMILES string of the molecule is CC(C)[C@@H](N)CN1C2CCC1CC2. The molecule has 2 aliphatic heterocycles. The van der Waals surface area contributed by atoms with E-state index in [1.165, 1.54) is 25.7 Å². The standard InChI is InChI=1S/C11H22N2/c1-8(2)11(12)7-13-9-3-4-10(13)6-5-9/h8-11H,3-7,12H2,1-2H3/t9?,10?,11-/m0/s1. The first-order chi connectivity index (χ1) is 6.18. The number of hydrogen-bond donors (Lipinski definition) is 1. The maximum atomic E-state index is 6.11. The summed E-state index contributed by atoms with van der Waals surface area (Å²) in [6, 6.07) is 2.14. The van der Waals surface area contributed by atoms with Crippen LogP contribution >= 0.6 is 0 Å². The third-order valence-corrected chi connectivity index (χ3v) is 3.88. The first-order valence-corrected chi connectivity index (χ1v) is 5.70. The predicted octanol–water partition coefficient (Wildman–Crippen LogP) is 1.60. The van der Waals surface area contributed by atoms with E-state index in [2.05, 4.69) is 18.7 Å². The molecule has 2 nitrogen and oxygen atoms in total. The highest BCUT2D eigenvalue weighted by atomic mass is 15.2. The van der Waals surface area contributed by atoms with E-state index >= 15 is 0 Å². The molecule has 2 rings (SSSR count). The van der Waals surface area contributed by atoms with Crippen molar-refractivity contribution in [2.75, 3.05) is 6.54 Å². The van der Waals surface area contributed by atoms with Gasteiger partial charge in [0.25, 0.3) is 0 Å². The van der Waals surface area contributed by atoms with Gasteiger partial charge in [-0.15, -0.1) is 0 Å². The van der Waals surface area contributed by atoms with Crippen molar-refractivity contribution in [2.24, 2.45) is 11.7 Å². The number of nitrogens with zero attached hydrogens (tertiary/aromatic N) is 1. The Morgan fingerprint density at radius 1 is 1.15 bits per heavy atom. The molecule has 2 aliphatic rings. The summed E-state index contributed by atoms with van der Waals surface area (Å²) in [7, 11) is 0. The molecule has 0 aromatic carbocycles. The monoisotopic (exact) mass is 182 g/mol. The quantitative estimate of drug-likeness (QED) is 0.718. The van der Waals surface area contributed by atoms with Gasteiger partial charge in [0.1, 0.15) is 0 Å². The van der Waals surface area contributed by atoms with Gasteiger partial charge in [-0.2, -0.15) is 0 Å². The summed E-state index contributed by atoms with van der Waals surface area (Å²) in [5.74, 6) is 0.625. The fourth-order valence-corrected chi connectivity index (χ4v) is 2.77. The molecule has 2 saturated heterocycles. The fourth-order valence-electron chi connectivity index (χ4n) is 2.77. The molecule has 0 aliphatic carbocycles. The van der Waals surface area contributed by atoms with Crippen molar-refractivity contribution in [3.05, 3.63) is 0 Å². The highest BCUT2D eigenvalue weighted by Crippen LogP contribution is 2.37. The molecule has 2 fully saturated rings. The lowest BCUT2D eigenvalue weighted by atomic mass is 10.0. The van der Waals surface area contributed by atoms with Crippen LogP contribution < -0.4 is 5.73 Å². The number of hydrogen-bond acceptors (Lipinski definition) is 2. The Balaban J connectivity index is 1.88. The molecule has 0 radical (unpaired) electrons. The van der Waals surface area contributed by atoms with E-state index in [9.17, 15) is 0 Å². The molecule has 0 saturated carbocycles. The second kappa shape index (κ2) is 3.58. The van der Waals surface area contributed by atoms with Crippen molar-refractivity contribution in [3.8, 4) is 0 Å². The van der Waals surface area contributed by atoms with E-state index in [-0.39, 0.29) is 0 Å². The van der Waals surface area contributed by atoms with E-state index in [0.29, 0.717) is 12.0 Å². The van der Waals surface area contributed by atoms with Crippen LogP contribution in [0.4, 0.5) is 0 Å². The third-order valence-electron chi connectivity index (χ3n) is 3.88. The maximum absolute atomic E-state index is 6.11. The lowest BCUT2D eigenvalue weighted by Gasteiger charge is -2.27. The molecule has 2 heteroatoms. The smallest absolute Gasteiger partial charge is 0.0191 e. The van der Waals surface area contributed by atoms with Crippen molar-refractivity contribution in [1.29, 1.82) is 0 Å². The topological polar surface area (TPSA) is 29.3 Å². The molecule has 0 spiro atoms.